The number of nitrogens with one attached hydrogen (secondary N) is 1. The van der Waals surface area contributed by atoms with Crippen LogP contribution in [-0.2, 0) is 18.4 Å². The van der Waals surface area contributed by atoms with Gasteiger partial charge in [0.15, 0.2) is 0 Å². The minimum absolute atomic E-state index is 0.00264. The number of hydrogen-bond acceptors (Lipinski definition) is 6. The molecule has 1 N–H and O–H groups in total. The molecular weight excluding hydrogens is 381 g/mol. The van der Waals surface area contributed by atoms with Gasteiger partial charge < -0.3 is 0 Å². The van der Waals surface area contributed by atoms with Gasteiger partial charge in [0.05, 0.1) is 11.3 Å². The van der Waals surface area contributed by atoms with Crippen molar-refractivity contribution in [2.45, 2.75) is 45.1 Å². The molecule has 1 aliphatic carbocycles. The topological polar surface area (TPSA) is 83.5 Å². The van der Waals surface area contributed by atoms with Gasteiger partial charge >= 0.3 is 0 Å². The van der Waals surface area contributed by atoms with Crippen molar-refractivity contribution in [2.75, 3.05) is 13.1 Å². The first-order valence-electron chi connectivity index (χ1n) is 10.6. The van der Waals surface area contributed by atoms with Gasteiger partial charge in [0, 0.05) is 24.7 Å². The number of aromatic nitrogens is 6. The molecule has 5 rings (SSSR count). The van der Waals surface area contributed by atoms with Crippen LogP contribution in [0, 0.1) is 17.7 Å². The Hall–Kier alpha value is -2.74. The average Bonchev–Trinajstić information content (AvgIpc) is 3.20. The minimum atomic E-state index is -0.244. The number of fused-ring (bicyclic) bond motifs is 1. The van der Waals surface area contributed by atoms with Gasteiger partial charge in [-0.1, -0.05) is 19.9 Å². The van der Waals surface area contributed by atoms with E-state index >= 15 is 4.39 Å². The zero-order valence-electron chi connectivity index (χ0n) is 17.3. The average molecular weight is 407 g/mol. The molecular formula is C22H26FN7. The van der Waals surface area contributed by atoms with E-state index in [0.29, 0.717) is 23.2 Å². The fraction of sp³-hybridized carbons (Fsp3) is 0.500. The zero-order chi connectivity index (χ0) is 20.7. The summed E-state index contributed by atoms with van der Waals surface area (Å²) in [5.41, 5.74) is 3.61. The third-order valence-corrected chi connectivity index (χ3v) is 6.50. The maximum absolute atomic E-state index is 15.3. The van der Waals surface area contributed by atoms with Gasteiger partial charge in [0.2, 0.25) is 5.82 Å². The maximum atomic E-state index is 15.3. The Morgan fingerprint density at radius 3 is 2.90 bits per heavy atom. The van der Waals surface area contributed by atoms with Crippen LogP contribution in [0.1, 0.15) is 43.5 Å². The summed E-state index contributed by atoms with van der Waals surface area (Å²) in [7, 11) is 0. The highest BCUT2D eigenvalue weighted by molar-refractivity contribution is 5.65. The molecule has 2 fully saturated rings. The second-order valence-electron chi connectivity index (χ2n) is 9.09. The molecule has 1 aromatic carbocycles. The summed E-state index contributed by atoms with van der Waals surface area (Å²) in [6.07, 6.45) is 4.62. The molecule has 2 aliphatic rings. The van der Waals surface area contributed by atoms with E-state index in [4.69, 9.17) is 0 Å². The number of aromatic amines is 1. The molecule has 8 heteroatoms. The quantitative estimate of drug-likeness (QED) is 0.676. The summed E-state index contributed by atoms with van der Waals surface area (Å²) in [6, 6.07) is 7.79. The number of rotatable bonds is 6. The predicted octanol–water partition coefficient (Wildman–Crippen LogP) is 3.16. The summed E-state index contributed by atoms with van der Waals surface area (Å²) in [4.78, 5) is 2.43. The first-order chi connectivity index (χ1) is 14.5. The second-order valence-corrected chi connectivity index (χ2v) is 9.09. The predicted molar refractivity (Wildman–Crippen MR) is 110 cm³/mol. The van der Waals surface area contributed by atoms with Gasteiger partial charge in [-0.3, -0.25) is 4.90 Å². The molecule has 2 unspecified atom stereocenters. The molecule has 0 spiro atoms. The van der Waals surface area contributed by atoms with E-state index < -0.39 is 0 Å². The van der Waals surface area contributed by atoms with Crippen molar-refractivity contribution in [3.8, 4) is 11.4 Å². The molecule has 0 bridgehead atoms. The SMILES string of the molecule is CC(C)Cc1cc(F)c(-c2nn[nH]n2)c(C23CCN(Cc4cccnn4)CC2C3)c1. The summed E-state index contributed by atoms with van der Waals surface area (Å²) in [5, 5.41) is 22.5. The Morgan fingerprint density at radius 2 is 2.20 bits per heavy atom. The summed E-state index contributed by atoms with van der Waals surface area (Å²) >= 11 is 0. The van der Waals surface area contributed by atoms with Crippen LogP contribution >= 0.6 is 0 Å². The maximum Gasteiger partial charge on any atom is 0.207 e. The summed E-state index contributed by atoms with van der Waals surface area (Å²) in [6.45, 7) is 7.06. The third-order valence-electron chi connectivity index (χ3n) is 6.50. The Bertz CT molecular complexity index is 1020. The molecule has 2 atom stereocenters. The van der Waals surface area contributed by atoms with Crippen LogP contribution in [0.15, 0.2) is 30.5 Å². The number of likely N-dealkylation sites (tertiary alicyclic amines) is 1. The van der Waals surface area contributed by atoms with E-state index in [1.165, 1.54) is 0 Å². The standard InChI is InChI=1S/C22H26FN7/c1-14(2)8-15-9-18(20(19(23)10-15)21-26-28-29-27-21)22-5-7-30(12-16(22)11-22)13-17-4-3-6-24-25-17/h3-4,6,9-10,14,16H,5,7-8,11-13H2,1-2H3,(H,26,27,28,29). The smallest absolute Gasteiger partial charge is 0.207 e. The zero-order valence-corrected chi connectivity index (χ0v) is 17.3. The van der Waals surface area contributed by atoms with Gasteiger partial charge in [-0.25, -0.2) is 4.39 Å². The molecule has 3 aromatic rings. The van der Waals surface area contributed by atoms with Crippen molar-refractivity contribution >= 4 is 0 Å². The van der Waals surface area contributed by atoms with E-state index in [9.17, 15) is 0 Å². The number of nitrogens with zero attached hydrogens (tertiary/aromatic N) is 6. The lowest BCUT2D eigenvalue weighted by molar-refractivity contribution is 0.196. The lowest BCUT2D eigenvalue weighted by Crippen LogP contribution is -2.36. The van der Waals surface area contributed by atoms with Crippen LogP contribution < -0.4 is 0 Å². The van der Waals surface area contributed by atoms with E-state index in [2.05, 4.69) is 55.6 Å². The Morgan fingerprint density at radius 1 is 1.30 bits per heavy atom. The number of tetrazole rings is 1. The van der Waals surface area contributed by atoms with Crippen LogP contribution in [0.5, 0.6) is 0 Å². The third kappa shape index (κ3) is 3.49. The molecule has 1 aliphatic heterocycles. The number of hydrogen-bond donors (Lipinski definition) is 1. The van der Waals surface area contributed by atoms with Gasteiger partial charge in [-0.05, 0) is 72.2 Å². The summed E-state index contributed by atoms with van der Waals surface area (Å²) < 4.78 is 15.3. The van der Waals surface area contributed by atoms with Crippen molar-refractivity contribution in [3.63, 3.8) is 0 Å². The lowest BCUT2D eigenvalue weighted by atomic mass is 9.82. The van der Waals surface area contributed by atoms with Gasteiger partial charge in [0.25, 0.3) is 0 Å². The highest BCUT2D eigenvalue weighted by atomic mass is 19.1. The van der Waals surface area contributed by atoms with E-state index in [1.807, 2.05) is 12.1 Å². The normalized spacial score (nSPS) is 23.5. The first kappa shape index (κ1) is 19.2. The largest absolute Gasteiger partial charge is 0.297 e. The monoisotopic (exact) mass is 407 g/mol. The van der Waals surface area contributed by atoms with Gasteiger partial charge in [-0.15, -0.1) is 10.2 Å². The van der Waals surface area contributed by atoms with E-state index in [1.54, 1.807) is 12.3 Å². The first-order valence-corrected chi connectivity index (χ1v) is 10.6. The van der Waals surface area contributed by atoms with E-state index in [-0.39, 0.29) is 11.2 Å². The molecule has 0 amide bonds. The molecule has 3 heterocycles. The van der Waals surface area contributed by atoms with E-state index in [0.717, 1.165) is 55.7 Å². The fourth-order valence-corrected chi connectivity index (χ4v) is 5.08. The second kappa shape index (κ2) is 7.50. The van der Waals surface area contributed by atoms with Crippen LogP contribution in [0.4, 0.5) is 4.39 Å². The van der Waals surface area contributed by atoms with Crippen molar-refractivity contribution < 1.29 is 4.39 Å². The molecule has 1 saturated carbocycles. The molecule has 7 nitrogen and oxygen atoms in total. The van der Waals surface area contributed by atoms with Crippen molar-refractivity contribution in [1.29, 1.82) is 0 Å². The summed E-state index contributed by atoms with van der Waals surface area (Å²) in [5.74, 6) is 1.07. The molecule has 30 heavy (non-hydrogen) atoms. The minimum Gasteiger partial charge on any atom is -0.297 e. The number of halogens is 1. The highest BCUT2D eigenvalue weighted by Gasteiger charge is 2.58. The van der Waals surface area contributed by atoms with Crippen molar-refractivity contribution in [1.82, 2.24) is 35.7 Å². The molecule has 1 saturated heterocycles. The Labute approximate surface area is 175 Å². The fourth-order valence-electron chi connectivity index (χ4n) is 5.08. The van der Waals surface area contributed by atoms with Crippen molar-refractivity contribution in [2.24, 2.45) is 11.8 Å². The van der Waals surface area contributed by atoms with Crippen LogP contribution in [0.2, 0.25) is 0 Å². The van der Waals surface area contributed by atoms with Crippen LogP contribution in [0.25, 0.3) is 11.4 Å². The number of H-pyrrole nitrogens is 1. The molecule has 0 radical (unpaired) electrons. The lowest BCUT2D eigenvalue weighted by Gasteiger charge is -2.32. The van der Waals surface area contributed by atoms with Crippen LogP contribution in [0.3, 0.4) is 0 Å². The molecule has 156 valence electrons. The number of piperidine rings is 1. The highest BCUT2D eigenvalue weighted by Crippen LogP contribution is 2.61. The Balaban J connectivity index is 1.45. The Kier molecular flexibility index (Phi) is 4.81. The van der Waals surface area contributed by atoms with Gasteiger partial charge in [0.1, 0.15) is 5.82 Å². The molecule has 2 aromatic heterocycles. The van der Waals surface area contributed by atoms with Gasteiger partial charge in [-0.2, -0.15) is 15.4 Å². The number of benzene rings is 1. The van der Waals surface area contributed by atoms with Crippen molar-refractivity contribution in [3.05, 3.63) is 53.1 Å². The van der Waals surface area contributed by atoms with Crippen LogP contribution in [-0.4, -0.2) is 48.8 Å².